The van der Waals surface area contributed by atoms with Crippen LogP contribution in [0.25, 0.3) is 0 Å². The van der Waals surface area contributed by atoms with Gasteiger partial charge < -0.3 is 5.11 Å². The molecule has 0 heterocycles. The Morgan fingerprint density at radius 1 is 0.905 bits per heavy atom. The highest BCUT2D eigenvalue weighted by atomic mass is 19.3. The topological polar surface area (TPSA) is 37.3 Å². The molecule has 0 aromatic heterocycles. The molecule has 4 heteroatoms. The summed E-state index contributed by atoms with van der Waals surface area (Å²) >= 11 is 0. The highest BCUT2D eigenvalue weighted by Crippen LogP contribution is 2.22. The van der Waals surface area contributed by atoms with Crippen LogP contribution in [0.15, 0.2) is 12.2 Å². The van der Waals surface area contributed by atoms with E-state index in [0.717, 1.165) is 19.3 Å². The van der Waals surface area contributed by atoms with Crippen molar-refractivity contribution < 1.29 is 18.7 Å². The second kappa shape index (κ2) is 12.8. The Labute approximate surface area is 127 Å². The van der Waals surface area contributed by atoms with Gasteiger partial charge in [-0.3, -0.25) is 0 Å². The number of rotatable bonds is 14. The zero-order chi connectivity index (χ0) is 16.0. The molecule has 0 radical (unpaired) electrons. The van der Waals surface area contributed by atoms with Crippen LogP contribution >= 0.6 is 0 Å². The van der Waals surface area contributed by atoms with Gasteiger partial charge in [-0.05, 0) is 32.1 Å². The SMILES string of the molecule is CCCCCCCC/C=C/CCCCCC(F)(F)C(=O)O. The summed E-state index contributed by atoms with van der Waals surface area (Å²) in [5.41, 5.74) is 0. The van der Waals surface area contributed by atoms with Gasteiger partial charge in [0.1, 0.15) is 0 Å². The van der Waals surface area contributed by atoms with Crippen molar-refractivity contribution in [2.75, 3.05) is 0 Å². The summed E-state index contributed by atoms with van der Waals surface area (Å²) in [4.78, 5) is 10.2. The number of carboxylic acid groups (broad SMARTS) is 1. The second-order valence-electron chi connectivity index (χ2n) is 5.64. The van der Waals surface area contributed by atoms with E-state index in [-0.39, 0.29) is 6.42 Å². The molecule has 0 aliphatic heterocycles. The van der Waals surface area contributed by atoms with Gasteiger partial charge in [-0.15, -0.1) is 0 Å². The van der Waals surface area contributed by atoms with E-state index in [2.05, 4.69) is 19.1 Å². The molecule has 0 aromatic carbocycles. The lowest BCUT2D eigenvalue weighted by Gasteiger charge is -2.09. The predicted octanol–water partition coefficient (Wildman–Crippen LogP) is 5.96. The highest BCUT2D eigenvalue weighted by molar-refractivity contribution is 5.75. The first kappa shape index (κ1) is 20.1. The molecule has 2 nitrogen and oxygen atoms in total. The van der Waals surface area contributed by atoms with Gasteiger partial charge in [0, 0.05) is 6.42 Å². The van der Waals surface area contributed by atoms with E-state index in [0.29, 0.717) is 6.42 Å². The average molecular weight is 304 g/mol. The third-order valence-corrected chi connectivity index (χ3v) is 3.57. The number of allylic oxidation sites excluding steroid dienone is 2. The van der Waals surface area contributed by atoms with Gasteiger partial charge in [0.2, 0.25) is 0 Å². The number of unbranched alkanes of at least 4 members (excludes halogenated alkanes) is 9. The van der Waals surface area contributed by atoms with Crippen LogP contribution < -0.4 is 0 Å². The molecule has 0 bridgehead atoms. The van der Waals surface area contributed by atoms with Crippen LogP contribution in [0.2, 0.25) is 0 Å². The Bertz CT molecular complexity index is 289. The van der Waals surface area contributed by atoms with Crippen molar-refractivity contribution >= 4 is 5.97 Å². The number of carboxylic acids is 1. The molecule has 1 N–H and O–H groups in total. The third-order valence-electron chi connectivity index (χ3n) is 3.57. The van der Waals surface area contributed by atoms with Crippen molar-refractivity contribution in [3.63, 3.8) is 0 Å². The van der Waals surface area contributed by atoms with Crippen molar-refractivity contribution in [2.24, 2.45) is 0 Å². The summed E-state index contributed by atoms with van der Waals surface area (Å²) < 4.78 is 25.5. The van der Waals surface area contributed by atoms with Crippen LogP contribution in [0.4, 0.5) is 8.78 Å². The summed E-state index contributed by atoms with van der Waals surface area (Å²) in [5.74, 6) is -5.57. The zero-order valence-electron chi connectivity index (χ0n) is 13.3. The van der Waals surface area contributed by atoms with Crippen LogP contribution in [-0.2, 0) is 4.79 Å². The molecule has 0 rings (SSSR count). The Hall–Kier alpha value is -0.930. The largest absolute Gasteiger partial charge is 0.477 e. The normalized spacial score (nSPS) is 12.1. The van der Waals surface area contributed by atoms with Gasteiger partial charge in [-0.1, -0.05) is 57.6 Å². The molecule has 0 unspecified atom stereocenters. The first-order chi connectivity index (χ1) is 10.0. The Kier molecular flexibility index (Phi) is 12.2. The summed E-state index contributed by atoms with van der Waals surface area (Å²) in [6.07, 6.45) is 15.3. The smallest absolute Gasteiger partial charge is 0.374 e. The van der Waals surface area contributed by atoms with Crippen molar-refractivity contribution in [1.29, 1.82) is 0 Å². The number of carbonyl (C=O) groups is 1. The molecule has 0 spiro atoms. The summed E-state index contributed by atoms with van der Waals surface area (Å²) in [5, 5.41) is 8.27. The monoisotopic (exact) mass is 304 g/mol. The summed E-state index contributed by atoms with van der Waals surface area (Å²) in [6.45, 7) is 2.21. The van der Waals surface area contributed by atoms with Gasteiger partial charge in [-0.2, -0.15) is 8.78 Å². The van der Waals surface area contributed by atoms with Crippen molar-refractivity contribution in [1.82, 2.24) is 0 Å². The number of alkyl halides is 2. The molecule has 0 fully saturated rings. The van der Waals surface area contributed by atoms with Gasteiger partial charge in [0.15, 0.2) is 0 Å². The molecule has 0 aliphatic carbocycles. The molecule has 21 heavy (non-hydrogen) atoms. The van der Waals surface area contributed by atoms with Gasteiger partial charge in [0.05, 0.1) is 0 Å². The van der Waals surface area contributed by atoms with E-state index in [9.17, 15) is 13.6 Å². The lowest BCUT2D eigenvalue weighted by molar-refractivity contribution is -0.165. The Morgan fingerprint density at radius 3 is 1.90 bits per heavy atom. The van der Waals surface area contributed by atoms with Crippen LogP contribution in [0.1, 0.15) is 84.0 Å². The van der Waals surface area contributed by atoms with E-state index >= 15 is 0 Å². The molecular weight excluding hydrogens is 274 g/mol. The Morgan fingerprint density at radius 2 is 1.38 bits per heavy atom. The number of aliphatic carboxylic acids is 1. The fourth-order valence-corrected chi connectivity index (χ4v) is 2.17. The summed E-state index contributed by atoms with van der Waals surface area (Å²) in [6, 6.07) is 0. The van der Waals surface area contributed by atoms with E-state index in [1.54, 1.807) is 0 Å². The fourth-order valence-electron chi connectivity index (χ4n) is 2.17. The predicted molar refractivity (Wildman–Crippen MR) is 82.8 cm³/mol. The number of hydrogen-bond acceptors (Lipinski definition) is 1. The number of hydrogen-bond donors (Lipinski definition) is 1. The van der Waals surface area contributed by atoms with E-state index in [1.165, 1.54) is 38.5 Å². The first-order valence-corrected chi connectivity index (χ1v) is 8.27. The zero-order valence-corrected chi connectivity index (χ0v) is 13.3. The average Bonchev–Trinajstić information content (AvgIpc) is 2.43. The second-order valence-corrected chi connectivity index (χ2v) is 5.64. The van der Waals surface area contributed by atoms with Gasteiger partial charge >= 0.3 is 11.9 Å². The minimum absolute atomic E-state index is 0.268. The van der Waals surface area contributed by atoms with Crippen LogP contribution in [0.5, 0.6) is 0 Å². The van der Waals surface area contributed by atoms with Crippen molar-refractivity contribution in [3.05, 3.63) is 12.2 Å². The van der Waals surface area contributed by atoms with Gasteiger partial charge in [-0.25, -0.2) is 4.79 Å². The van der Waals surface area contributed by atoms with Crippen LogP contribution in [-0.4, -0.2) is 17.0 Å². The molecule has 0 aromatic rings. The quantitative estimate of drug-likeness (QED) is 0.317. The fraction of sp³-hybridized carbons (Fsp3) is 0.824. The minimum atomic E-state index is -3.56. The standard InChI is InChI=1S/C17H30F2O2/c1-2-3-4-5-6-7-8-9-10-11-12-13-14-15-17(18,19)16(20)21/h9-10H,2-8,11-15H2,1H3,(H,20,21)/b10-9+. The first-order valence-electron chi connectivity index (χ1n) is 8.27. The third kappa shape index (κ3) is 12.5. The molecule has 124 valence electrons. The van der Waals surface area contributed by atoms with E-state index in [1.807, 2.05) is 0 Å². The highest BCUT2D eigenvalue weighted by Gasteiger charge is 2.37. The lowest BCUT2D eigenvalue weighted by atomic mass is 10.1. The minimum Gasteiger partial charge on any atom is -0.477 e. The number of halogens is 2. The Balaban J connectivity index is 3.31. The maximum Gasteiger partial charge on any atom is 0.374 e. The van der Waals surface area contributed by atoms with E-state index < -0.39 is 18.3 Å². The molecule has 0 aliphatic rings. The maximum absolute atomic E-state index is 12.8. The summed E-state index contributed by atoms with van der Waals surface area (Å²) in [7, 11) is 0. The molecule has 0 amide bonds. The van der Waals surface area contributed by atoms with Crippen LogP contribution in [0, 0.1) is 0 Å². The molecule has 0 saturated heterocycles. The van der Waals surface area contributed by atoms with E-state index in [4.69, 9.17) is 5.11 Å². The van der Waals surface area contributed by atoms with Crippen molar-refractivity contribution in [2.45, 2.75) is 89.9 Å². The maximum atomic E-state index is 12.8. The molecule has 0 atom stereocenters. The van der Waals surface area contributed by atoms with Gasteiger partial charge in [0.25, 0.3) is 0 Å². The van der Waals surface area contributed by atoms with Crippen molar-refractivity contribution in [3.8, 4) is 0 Å². The van der Waals surface area contributed by atoms with Crippen LogP contribution in [0.3, 0.4) is 0 Å². The lowest BCUT2D eigenvalue weighted by Crippen LogP contribution is -2.27. The molecular formula is C17H30F2O2. The molecule has 0 saturated carbocycles.